The number of hydrazone groups is 1. The summed E-state index contributed by atoms with van der Waals surface area (Å²) in [6, 6.07) is 22.8. The molecule has 0 aliphatic heterocycles. The number of aromatic nitrogens is 1. The topological polar surface area (TPSA) is 71.4 Å². The second-order valence-corrected chi connectivity index (χ2v) is 5.18. The zero-order valence-corrected chi connectivity index (χ0v) is 13.3. The first kappa shape index (κ1) is 16.3. The van der Waals surface area contributed by atoms with Crippen molar-refractivity contribution in [3.05, 3.63) is 102 Å². The Hall–Kier alpha value is -3.60. The fraction of sp³-hybridized carbons (Fsp3) is 0. The van der Waals surface area contributed by atoms with E-state index in [9.17, 15) is 9.59 Å². The Balaban J connectivity index is 1.92. The van der Waals surface area contributed by atoms with Gasteiger partial charge in [0.15, 0.2) is 0 Å². The molecule has 1 heterocycles. The van der Waals surface area contributed by atoms with Crippen molar-refractivity contribution in [1.29, 1.82) is 0 Å². The van der Waals surface area contributed by atoms with Gasteiger partial charge in [-0.25, -0.2) is 5.43 Å². The molecule has 3 aromatic rings. The predicted octanol–water partition coefficient (Wildman–Crippen LogP) is 3.10. The van der Waals surface area contributed by atoms with Crippen molar-refractivity contribution in [1.82, 2.24) is 10.4 Å². The second-order valence-electron chi connectivity index (χ2n) is 5.18. The fourth-order valence-electron chi connectivity index (χ4n) is 2.23. The van der Waals surface area contributed by atoms with E-state index in [0.717, 1.165) is 0 Å². The molecule has 1 aromatic heterocycles. The molecule has 0 saturated carbocycles. The van der Waals surface area contributed by atoms with E-state index in [2.05, 4.69) is 15.5 Å². The molecule has 5 nitrogen and oxygen atoms in total. The van der Waals surface area contributed by atoms with E-state index in [-0.39, 0.29) is 17.2 Å². The Kier molecular flexibility index (Phi) is 5.07. The number of rotatable bonds is 5. The van der Waals surface area contributed by atoms with Crippen LogP contribution in [0.2, 0.25) is 0 Å². The van der Waals surface area contributed by atoms with Crippen molar-refractivity contribution in [3.63, 3.8) is 0 Å². The highest BCUT2D eigenvalue weighted by atomic mass is 16.2. The van der Waals surface area contributed by atoms with Gasteiger partial charge in [0.1, 0.15) is 11.4 Å². The molecule has 25 heavy (non-hydrogen) atoms. The van der Waals surface area contributed by atoms with Crippen LogP contribution in [0.3, 0.4) is 0 Å². The maximum atomic E-state index is 12.8. The third-order valence-electron chi connectivity index (χ3n) is 3.47. The van der Waals surface area contributed by atoms with Crippen molar-refractivity contribution >= 4 is 17.4 Å². The van der Waals surface area contributed by atoms with Gasteiger partial charge in [-0.3, -0.25) is 14.6 Å². The number of hydrogen-bond acceptors (Lipinski definition) is 4. The largest absolute Gasteiger partial charge is 0.289 e. The molecular formula is C20H15N3O2. The van der Waals surface area contributed by atoms with E-state index in [1.54, 1.807) is 54.6 Å². The van der Waals surface area contributed by atoms with Gasteiger partial charge < -0.3 is 0 Å². The van der Waals surface area contributed by atoms with Gasteiger partial charge in [0, 0.05) is 17.3 Å². The number of carbonyl (C=O) groups excluding carboxylic acids is 2. The number of benzene rings is 2. The van der Waals surface area contributed by atoms with Gasteiger partial charge in [-0.2, -0.15) is 5.10 Å². The van der Waals surface area contributed by atoms with Crippen LogP contribution in [-0.4, -0.2) is 22.4 Å². The molecule has 122 valence electrons. The van der Waals surface area contributed by atoms with Gasteiger partial charge in [0.2, 0.25) is 5.78 Å². The first-order valence-electron chi connectivity index (χ1n) is 7.70. The van der Waals surface area contributed by atoms with Crippen molar-refractivity contribution in [2.45, 2.75) is 0 Å². The standard InChI is InChI=1S/C20H15N3O2/c24-19(16-11-5-2-6-12-16)18(15-9-3-1-4-10-15)22-23-20(25)17-13-7-8-14-21-17/h1-14H,(H,23,25)/b22-18-. The minimum Gasteiger partial charge on any atom is -0.287 e. The zero-order valence-electron chi connectivity index (χ0n) is 13.3. The first-order chi connectivity index (χ1) is 12.3. The molecule has 0 bridgehead atoms. The van der Waals surface area contributed by atoms with Crippen molar-refractivity contribution in [3.8, 4) is 0 Å². The number of amides is 1. The lowest BCUT2D eigenvalue weighted by atomic mass is 10.0. The molecule has 0 spiro atoms. The Bertz CT molecular complexity index is 892. The maximum absolute atomic E-state index is 12.8. The zero-order chi connectivity index (χ0) is 17.5. The van der Waals surface area contributed by atoms with E-state index < -0.39 is 5.91 Å². The summed E-state index contributed by atoms with van der Waals surface area (Å²) in [5.41, 5.74) is 3.92. The monoisotopic (exact) mass is 329 g/mol. The summed E-state index contributed by atoms with van der Waals surface area (Å²) in [4.78, 5) is 28.9. The third kappa shape index (κ3) is 4.03. The van der Waals surface area contributed by atoms with Crippen LogP contribution in [0, 0.1) is 0 Å². The van der Waals surface area contributed by atoms with E-state index in [1.165, 1.54) is 6.20 Å². The molecule has 5 heteroatoms. The average molecular weight is 329 g/mol. The lowest BCUT2D eigenvalue weighted by Crippen LogP contribution is -2.25. The summed E-state index contributed by atoms with van der Waals surface area (Å²) >= 11 is 0. The molecule has 0 saturated heterocycles. The highest BCUT2D eigenvalue weighted by Gasteiger charge is 2.17. The predicted molar refractivity (Wildman–Crippen MR) is 95.5 cm³/mol. The van der Waals surface area contributed by atoms with E-state index >= 15 is 0 Å². The average Bonchev–Trinajstić information content (AvgIpc) is 2.70. The quantitative estimate of drug-likeness (QED) is 0.444. The lowest BCUT2D eigenvalue weighted by molar-refractivity contribution is 0.0950. The molecular weight excluding hydrogens is 314 g/mol. The van der Waals surface area contributed by atoms with Crippen LogP contribution in [0.5, 0.6) is 0 Å². The molecule has 0 aliphatic rings. The molecule has 0 atom stereocenters. The minimum absolute atomic E-state index is 0.163. The Morgan fingerprint density at radius 2 is 1.36 bits per heavy atom. The van der Waals surface area contributed by atoms with Gasteiger partial charge in [-0.05, 0) is 12.1 Å². The molecule has 3 rings (SSSR count). The van der Waals surface area contributed by atoms with Crippen LogP contribution in [0.1, 0.15) is 26.4 Å². The number of hydrogen-bond donors (Lipinski definition) is 1. The van der Waals surface area contributed by atoms with Crippen LogP contribution < -0.4 is 5.43 Å². The van der Waals surface area contributed by atoms with Gasteiger partial charge in [-0.1, -0.05) is 66.7 Å². The molecule has 0 fully saturated rings. The van der Waals surface area contributed by atoms with E-state index in [0.29, 0.717) is 11.1 Å². The van der Waals surface area contributed by atoms with Crippen molar-refractivity contribution in [2.75, 3.05) is 0 Å². The summed E-state index contributed by atoms with van der Waals surface area (Å²) < 4.78 is 0. The molecule has 0 unspecified atom stereocenters. The minimum atomic E-state index is -0.477. The summed E-state index contributed by atoms with van der Waals surface area (Å²) in [6.45, 7) is 0. The summed E-state index contributed by atoms with van der Waals surface area (Å²) in [6.07, 6.45) is 1.52. The highest BCUT2D eigenvalue weighted by Crippen LogP contribution is 2.09. The lowest BCUT2D eigenvalue weighted by Gasteiger charge is -2.07. The van der Waals surface area contributed by atoms with E-state index in [1.807, 2.05) is 24.3 Å². The number of nitrogens with zero attached hydrogens (tertiary/aromatic N) is 2. The van der Waals surface area contributed by atoms with Crippen LogP contribution >= 0.6 is 0 Å². The fourth-order valence-corrected chi connectivity index (χ4v) is 2.23. The number of Topliss-reactive ketones (excluding diaryl/α,β-unsaturated/α-hetero) is 1. The highest BCUT2D eigenvalue weighted by molar-refractivity contribution is 6.51. The normalized spacial score (nSPS) is 11.0. The summed E-state index contributed by atoms with van der Waals surface area (Å²) in [7, 11) is 0. The van der Waals surface area contributed by atoms with Crippen LogP contribution in [0.15, 0.2) is 90.2 Å². The van der Waals surface area contributed by atoms with Crippen LogP contribution in [-0.2, 0) is 0 Å². The van der Waals surface area contributed by atoms with Crippen LogP contribution in [0.4, 0.5) is 0 Å². The molecule has 1 amide bonds. The molecule has 0 radical (unpaired) electrons. The molecule has 1 N–H and O–H groups in total. The van der Waals surface area contributed by atoms with Gasteiger partial charge in [0.05, 0.1) is 0 Å². The Morgan fingerprint density at radius 3 is 1.96 bits per heavy atom. The molecule has 2 aromatic carbocycles. The summed E-state index contributed by atoms with van der Waals surface area (Å²) in [5.74, 6) is -0.747. The van der Waals surface area contributed by atoms with Gasteiger partial charge in [0.25, 0.3) is 5.91 Å². The first-order valence-corrected chi connectivity index (χ1v) is 7.70. The van der Waals surface area contributed by atoms with Crippen LogP contribution in [0.25, 0.3) is 0 Å². The van der Waals surface area contributed by atoms with Crippen molar-refractivity contribution < 1.29 is 9.59 Å². The summed E-state index contributed by atoms with van der Waals surface area (Å²) in [5, 5.41) is 4.07. The van der Waals surface area contributed by atoms with E-state index in [4.69, 9.17) is 0 Å². The van der Waals surface area contributed by atoms with Gasteiger partial charge in [-0.15, -0.1) is 0 Å². The maximum Gasteiger partial charge on any atom is 0.289 e. The number of ketones is 1. The Morgan fingerprint density at radius 1 is 0.760 bits per heavy atom. The van der Waals surface area contributed by atoms with Crippen molar-refractivity contribution in [2.24, 2.45) is 5.10 Å². The SMILES string of the molecule is O=C(/C(=N\NC(=O)c1ccccn1)c1ccccc1)c1ccccc1. The Labute approximate surface area is 145 Å². The molecule has 0 aliphatic carbocycles. The number of pyridine rings is 1. The number of nitrogens with one attached hydrogen (secondary N) is 1. The van der Waals surface area contributed by atoms with Gasteiger partial charge >= 0.3 is 0 Å². The third-order valence-corrected chi connectivity index (χ3v) is 3.47. The second kappa shape index (κ2) is 7.79. The smallest absolute Gasteiger partial charge is 0.287 e. The number of carbonyl (C=O) groups is 2.